The van der Waals surface area contributed by atoms with E-state index < -0.39 is 18.1 Å². The van der Waals surface area contributed by atoms with Gasteiger partial charge in [0.2, 0.25) is 5.75 Å². The number of methoxy groups -OCH3 is 3. The highest BCUT2D eigenvalue weighted by molar-refractivity contribution is 6.07. The number of halogens is 3. The molecule has 3 aromatic rings. The minimum Gasteiger partial charge on any atom is -0.493 e. The molecule has 7 nitrogen and oxygen atoms in total. The summed E-state index contributed by atoms with van der Waals surface area (Å²) in [6, 6.07) is 15.6. The molecule has 1 N–H and O–H groups in total. The second kappa shape index (κ2) is 10.8. The van der Waals surface area contributed by atoms with E-state index in [-0.39, 0.29) is 57.9 Å². The van der Waals surface area contributed by atoms with E-state index in [1.54, 1.807) is 18.2 Å². The molecule has 2 atom stereocenters. The van der Waals surface area contributed by atoms with Crippen molar-refractivity contribution in [2.24, 2.45) is 0 Å². The van der Waals surface area contributed by atoms with Crippen molar-refractivity contribution in [3.63, 3.8) is 0 Å². The highest BCUT2D eigenvalue weighted by atomic mass is 19.4. The largest absolute Gasteiger partial charge is 0.493 e. The van der Waals surface area contributed by atoms with Crippen LogP contribution in [0.4, 0.5) is 24.5 Å². The SMILES string of the molecule is COc1cc([C@H]2C3=C(C[C@H](c4ccc(C)cc4)CC3=O)Nc3ccccc3N2C(=O)C(F)(F)F)cc(OC)c1OC. The molecule has 10 heteroatoms. The molecule has 0 spiro atoms. The van der Waals surface area contributed by atoms with E-state index in [0.29, 0.717) is 17.0 Å². The zero-order chi connectivity index (χ0) is 29.5. The molecule has 214 valence electrons. The van der Waals surface area contributed by atoms with Crippen molar-refractivity contribution in [1.29, 1.82) is 0 Å². The van der Waals surface area contributed by atoms with E-state index in [9.17, 15) is 22.8 Å². The highest BCUT2D eigenvalue weighted by Gasteiger charge is 2.50. The van der Waals surface area contributed by atoms with Gasteiger partial charge in [-0.2, -0.15) is 13.2 Å². The number of ether oxygens (including phenoxy) is 3. The number of carbonyl (C=O) groups is 2. The van der Waals surface area contributed by atoms with Crippen LogP contribution >= 0.6 is 0 Å². The number of nitrogens with zero attached hydrogens (tertiary/aromatic N) is 1. The number of benzene rings is 3. The average Bonchev–Trinajstić information content (AvgIpc) is 3.10. The number of para-hydroxylation sites is 2. The Morgan fingerprint density at radius 1 is 0.902 bits per heavy atom. The number of carbonyl (C=O) groups excluding carboxylic acids is 2. The molecule has 1 aliphatic heterocycles. The summed E-state index contributed by atoms with van der Waals surface area (Å²) in [4.78, 5) is 27.9. The lowest BCUT2D eigenvalue weighted by molar-refractivity contribution is -0.170. The topological polar surface area (TPSA) is 77.1 Å². The van der Waals surface area contributed by atoms with Crippen molar-refractivity contribution in [3.8, 4) is 17.2 Å². The van der Waals surface area contributed by atoms with Crippen molar-refractivity contribution in [2.45, 2.75) is 37.9 Å². The fourth-order valence-corrected chi connectivity index (χ4v) is 5.60. The van der Waals surface area contributed by atoms with Crippen LogP contribution in [0.2, 0.25) is 0 Å². The number of ketones is 1. The number of nitrogens with one attached hydrogen (secondary N) is 1. The average molecular weight is 567 g/mol. The summed E-state index contributed by atoms with van der Waals surface area (Å²) in [5, 5.41) is 3.23. The van der Waals surface area contributed by atoms with E-state index >= 15 is 0 Å². The van der Waals surface area contributed by atoms with Gasteiger partial charge in [0.05, 0.1) is 38.7 Å². The molecule has 1 aliphatic carbocycles. The fourth-order valence-electron chi connectivity index (χ4n) is 5.60. The maximum Gasteiger partial charge on any atom is 0.471 e. The van der Waals surface area contributed by atoms with Crippen molar-refractivity contribution < 1.29 is 37.0 Å². The Bertz CT molecular complexity index is 1510. The first-order valence-electron chi connectivity index (χ1n) is 13.0. The Morgan fingerprint density at radius 2 is 1.54 bits per heavy atom. The molecule has 0 aromatic heterocycles. The van der Waals surface area contributed by atoms with Crippen LogP contribution in [0.25, 0.3) is 0 Å². The number of Topliss-reactive ketones (excluding diaryl/α,β-unsaturated/α-hetero) is 1. The van der Waals surface area contributed by atoms with Gasteiger partial charge in [0, 0.05) is 17.7 Å². The minimum atomic E-state index is -5.22. The van der Waals surface area contributed by atoms with Gasteiger partial charge in [0.1, 0.15) is 0 Å². The summed E-state index contributed by atoms with van der Waals surface area (Å²) in [6.45, 7) is 1.97. The molecule has 41 heavy (non-hydrogen) atoms. The molecule has 1 amide bonds. The number of allylic oxidation sites excluding steroid dienone is 1. The molecule has 0 saturated heterocycles. The normalized spacial score (nSPS) is 18.6. The molecule has 0 bridgehead atoms. The molecule has 0 radical (unpaired) electrons. The highest BCUT2D eigenvalue weighted by Crippen LogP contribution is 2.50. The van der Waals surface area contributed by atoms with Gasteiger partial charge in [0.15, 0.2) is 17.3 Å². The van der Waals surface area contributed by atoms with E-state index in [1.165, 1.54) is 39.5 Å². The molecule has 2 aliphatic rings. The fraction of sp³-hybridized carbons (Fsp3) is 0.290. The molecule has 3 aromatic carbocycles. The van der Waals surface area contributed by atoms with Crippen molar-refractivity contribution in [1.82, 2.24) is 0 Å². The molecule has 0 fully saturated rings. The van der Waals surface area contributed by atoms with Gasteiger partial charge in [-0.3, -0.25) is 14.5 Å². The van der Waals surface area contributed by atoms with Crippen LogP contribution in [0.15, 0.2) is 71.9 Å². The van der Waals surface area contributed by atoms with E-state index in [4.69, 9.17) is 14.2 Å². The van der Waals surface area contributed by atoms with Crippen LogP contribution in [0.1, 0.15) is 41.5 Å². The third kappa shape index (κ3) is 5.10. The van der Waals surface area contributed by atoms with Gasteiger partial charge in [0.25, 0.3) is 0 Å². The quantitative estimate of drug-likeness (QED) is 0.381. The monoisotopic (exact) mass is 566 g/mol. The van der Waals surface area contributed by atoms with Crippen LogP contribution in [-0.2, 0) is 9.59 Å². The van der Waals surface area contributed by atoms with E-state index in [1.807, 2.05) is 31.2 Å². The smallest absolute Gasteiger partial charge is 0.471 e. The summed E-state index contributed by atoms with van der Waals surface area (Å²) in [5.74, 6) is -2.09. The van der Waals surface area contributed by atoms with Gasteiger partial charge >= 0.3 is 12.1 Å². The summed E-state index contributed by atoms with van der Waals surface area (Å²) >= 11 is 0. The van der Waals surface area contributed by atoms with Crippen LogP contribution < -0.4 is 24.4 Å². The van der Waals surface area contributed by atoms with Crippen molar-refractivity contribution in [3.05, 3.63) is 88.6 Å². The van der Waals surface area contributed by atoms with Crippen molar-refractivity contribution >= 4 is 23.1 Å². The third-order valence-corrected chi connectivity index (χ3v) is 7.50. The molecule has 0 saturated carbocycles. The second-order valence-corrected chi connectivity index (χ2v) is 10.0. The maximum absolute atomic E-state index is 14.2. The van der Waals surface area contributed by atoms with Gasteiger partial charge in [-0.1, -0.05) is 42.0 Å². The Morgan fingerprint density at radius 3 is 2.12 bits per heavy atom. The molecule has 5 rings (SSSR count). The number of amides is 1. The van der Waals surface area contributed by atoms with Crippen LogP contribution in [0, 0.1) is 6.92 Å². The van der Waals surface area contributed by atoms with Gasteiger partial charge in [-0.05, 0) is 54.7 Å². The number of hydrogen-bond donors (Lipinski definition) is 1. The first kappa shape index (κ1) is 28.1. The number of fused-ring (bicyclic) bond motifs is 1. The van der Waals surface area contributed by atoms with Gasteiger partial charge < -0.3 is 19.5 Å². The predicted molar refractivity (Wildman–Crippen MR) is 148 cm³/mol. The summed E-state index contributed by atoms with van der Waals surface area (Å²) in [5.41, 5.74) is 3.02. The second-order valence-electron chi connectivity index (χ2n) is 10.0. The lowest BCUT2D eigenvalue weighted by atomic mass is 9.78. The van der Waals surface area contributed by atoms with E-state index in [2.05, 4.69) is 5.32 Å². The summed E-state index contributed by atoms with van der Waals surface area (Å²) in [6.07, 6.45) is -4.80. The zero-order valence-corrected chi connectivity index (χ0v) is 23.0. The number of hydrogen-bond acceptors (Lipinski definition) is 6. The molecular formula is C31H29F3N2O5. The molecular weight excluding hydrogens is 537 g/mol. The lowest BCUT2D eigenvalue weighted by Gasteiger charge is -2.35. The first-order chi connectivity index (χ1) is 19.6. The predicted octanol–water partition coefficient (Wildman–Crippen LogP) is 6.48. The third-order valence-electron chi connectivity index (χ3n) is 7.50. The first-order valence-corrected chi connectivity index (χ1v) is 13.0. The standard InChI is InChI=1S/C31H29F3N2O5/c1-17-9-11-18(12-10-17)19-13-22-27(24(37)14-19)28(20-15-25(39-2)29(41-4)26(16-20)40-3)36(30(38)31(32,33)34)23-8-6-5-7-21(23)35-22/h5-12,15-16,19,28,35H,13-14H2,1-4H3/t19-,28-/m0/s1. The van der Waals surface area contributed by atoms with Crippen LogP contribution in [-0.4, -0.2) is 39.2 Å². The number of alkyl halides is 3. The number of aryl methyl sites for hydroxylation is 1. The van der Waals surface area contributed by atoms with Gasteiger partial charge in [-0.15, -0.1) is 0 Å². The Balaban J connectivity index is 1.78. The number of anilines is 2. The molecule has 1 heterocycles. The summed E-state index contributed by atoms with van der Waals surface area (Å²) in [7, 11) is 4.17. The summed E-state index contributed by atoms with van der Waals surface area (Å²) < 4.78 is 59.0. The van der Waals surface area contributed by atoms with Gasteiger partial charge in [-0.25, -0.2) is 0 Å². The minimum absolute atomic E-state index is 0.0114. The maximum atomic E-state index is 14.2. The van der Waals surface area contributed by atoms with E-state index in [0.717, 1.165) is 11.1 Å². The Hall–Kier alpha value is -4.47. The Kier molecular flexibility index (Phi) is 7.42. The molecule has 0 unspecified atom stereocenters. The van der Waals surface area contributed by atoms with Crippen LogP contribution in [0.3, 0.4) is 0 Å². The Labute approximate surface area is 235 Å². The van der Waals surface area contributed by atoms with Crippen molar-refractivity contribution in [2.75, 3.05) is 31.5 Å². The lowest BCUT2D eigenvalue weighted by Crippen LogP contribution is -2.45. The number of rotatable bonds is 5. The van der Waals surface area contributed by atoms with Crippen LogP contribution in [0.5, 0.6) is 17.2 Å². The zero-order valence-electron chi connectivity index (χ0n) is 23.0.